The maximum atomic E-state index is 14.4. The minimum atomic E-state index is -3.37. The average molecular weight is 673 g/mol. The summed E-state index contributed by atoms with van der Waals surface area (Å²) in [5.41, 5.74) is 1.61. The third-order valence-electron chi connectivity index (χ3n) is 8.06. The van der Waals surface area contributed by atoms with Gasteiger partial charge in [0.05, 0.1) is 17.5 Å². The highest BCUT2D eigenvalue weighted by Gasteiger charge is 2.28. The predicted molar refractivity (Wildman–Crippen MR) is 177 cm³/mol. The second-order valence-corrected chi connectivity index (χ2v) is 13.6. The summed E-state index contributed by atoms with van der Waals surface area (Å²) in [7, 11) is -2.04. The number of benzene rings is 2. The zero-order valence-corrected chi connectivity index (χ0v) is 27.8. The Morgan fingerprint density at radius 1 is 1.09 bits per heavy atom. The molecular formula is C33H42F2N6O5S. The Bertz CT molecular complexity index is 1660. The molecule has 3 aromatic rings. The van der Waals surface area contributed by atoms with Crippen molar-refractivity contribution in [1.82, 2.24) is 20.5 Å². The van der Waals surface area contributed by atoms with Crippen LogP contribution in [0.2, 0.25) is 0 Å². The number of aryl methyl sites for hydroxylation is 1. The number of rotatable bonds is 13. The first kappa shape index (κ1) is 35.6. The van der Waals surface area contributed by atoms with Crippen LogP contribution in [0.5, 0.6) is 11.6 Å². The lowest BCUT2D eigenvalue weighted by molar-refractivity contribution is 0.0959. The minimum Gasteiger partial charge on any atom is -0.439 e. The molecule has 0 saturated carbocycles. The van der Waals surface area contributed by atoms with Crippen LogP contribution in [0.25, 0.3) is 0 Å². The zero-order chi connectivity index (χ0) is 34.1. The lowest BCUT2D eigenvalue weighted by Gasteiger charge is -2.36. The van der Waals surface area contributed by atoms with Crippen LogP contribution in [0.1, 0.15) is 60.5 Å². The van der Waals surface area contributed by atoms with E-state index in [2.05, 4.69) is 37.5 Å². The standard InChI is InChI=1S/C33H42F2N6O5S/c1-5-6-7-28(38-33(43)39-29-17-25(32(42)36-3)26(34)18-27(29)35)23-12-14-41(15-13-23)20-22-8-11-31(37-19-22)46-30-10-9-24(16-21(30)2)40-47(4,44)45/h8-11,16-19,23,28,40H,5-7,12-15,20H2,1-4H3,(H,36,42)(H2,38,39,43). The molecule has 1 saturated heterocycles. The van der Waals surface area contributed by atoms with E-state index in [9.17, 15) is 26.8 Å². The third-order valence-corrected chi connectivity index (χ3v) is 8.67. The van der Waals surface area contributed by atoms with Crippen molar-refractivity contribution in [2.45, 2.75) is 58.5 Å². The molecule has 1 fully saturated rings. The SMILES string of the molecule is CCCCC(NC(=O)Nc1cc(C(=O)NC)c(F)cc1F)C1CCN(Cc2ccc(Oc3ccc(NS(C)(=O)=O)cc3C)nc2)CC1. The summed E-state index contributed by atoms with van der Waals surface area (Å²) in [5.74, 6) is -1.48. The van der Waals surface area contributed by atoms with E-state index in [1.54, 1.807) is 30.5 Å². The number of amides is 3. The number of nitrogens with zero attached hydrogens (tertiary/aromatic N) is 2. The van der Waals surface area contributed by atoms with Crippen molar-refractivity contribution >= 4 is 33.3 Å². The van der Waals surface area contributed by atoms with Crippen LogP contribution in [0.15, 0.2) is 48.7 Å². The molecule has 2 aromatic carbocycles. The van der Waals surface area contributed by atoms with E-state index in [1.807, 2.05) is 13.0 Å². The number of hydrogen-bond acceptors (Lipinski definition) is 7. The topological polar surface area (TPSA) is 142 Å². The number of urea groups is 1. The Balaban J connectivity index is 1.30. The molecule has 4 N–H and O–H groups in total. The van der Waals surface area contributed by atoms with Crippen LogP contribution >= 0.6 is 0 Å². The van der Waals surface area contributed by atoms with E-state index in [1.165, 1.54) is 7.05 Å². The first-order valence-corrected chi connectivity index (χ1v) is 17.5. The van der Waals surface area contributed by atoms with Crippen LogP contribution in [0.4, 0.5) is 25.0 Å². The van der Waals surface area contributed by atoms with Crippen molar-refractivity contribution < 1.29 is 31.5 Å². The molecule has 0 spiro atoms. The Hall–Kier alpha value is -4.30. The van der Waals surface area contributed by atoms with E-state index in [0.717, 1.165) is 68.6 Å². The number of pyridine rings is 1. The fourth-order valence-corrected chi connectivity index (χ4v) is 6.18. The maximum absolute atomic E-state index is 14.4. The van der Waals surface area contributed by atoms with Crippen molar-refractivity contribution in [3.05, 3.63) is 77.0 Å². The highest BCUT2D eigenvalue weighted by Crippen LogP contribution is 2.28. The smallest absolute Gasteiger partial charge is 0.319 e. The monoisotopic (exact) mass is 672 g/mol. The number of hydrogen-bond donors (Lipinski definition) is 4. The number of unbranched alkanes of at least 4 members (excludes halogenated alkanes) is 1. The molecule has 11 nitrogen and oxygen atoms in total. The number of carbonyl (C=O) groups excluding carboxylic acids is 2. The lowest BCUT2D eigenvalue weighted by atomic mass is 9.86. The molecule has 1 aliphatic rings. The first-order valence-electron chi connectivity index (χ1n) is 15.6. The third kappa shape index (κ3) is 10.3. The Morgan fingerprint density at radius 3 is 2.45 bits per heavy atom. The van der Waals surface area contributed by atoms with Gasteiger partial charge in [-0.3, -0.25) is 14.4 Å². The number of nitrogens with one attached hydrogen (secondary N) is 4. The molecule has 2 heterocycles. The van der Waals surface area contributed by atoms with Crippen molar-refractivity contribution in [1.29, 1.82) is 0 Å². The molecule has 1 atom stereocenters. The van der Waals surface area contributed by atoms with Crippen LogP contribution < -0.4 is 25.4 Å². The fraction of sp³-hybridized carbons (Fsp3) is 0.424. The Kier molecular flexibility index (Phi) is 12.1. The fourth-order valence-electron chi connectivity index (χ4n) is 5.62. The van der Waals surface area contributed by atoms with Gasteiger partial charge >= 0.3 is 6.03 Å². The lowest BCUT2D eigenvalue weighted by Crippen LogP contribution is -2.46. The van der Waals surface area contributed by atoms with Gasteiger partial charge < -0.3 is 20.7 Å². The van der Waals surface area contributed by atoms with Crippen molar-refractivity contribution in [3.8, 4) is 11.6 Å². The number of anilines is 2. The first-order chi connectivity index (χ1) is 22.3. The number of sulfonamides is 1. The molecule has 1 aromatic heterocycles. The highest BCUT2D eigenvalue weighted by atomic mass is 32.2. The van der Waals surface area contributed by atoms with Crippen LogP contribution in [0, 0.1) is 24.5 Å². The van der Waals surface area contributed by atoms with Gasteiger partial charge in [-0.2, -0.15) is 0 Å². The largest absolute Gasteiger partial charge is 0.439 e. The predicted octanol–water partition coefficient (Wildman–Crippen LogP) is 5.78. The molecule has 14 heteroatoms. The van der Waals surface area contributed by atoms with Crippen LogP contribution in [0.3, 0.4) is 0 Å². The van der Waals surface area contributed by atoms with Crippen LogP contribution in [-0.4, -0.2) is 62.7 Å². The van der Waals surface area contributed by atoms with Gasteiger partial charge in [-0.15, -0.1) is 0 Å². The van der Waals surface area contributed by atoms with Gasteiger partial charge in [0.2, 0.25) is 15.9 Å². The summed E-state index contributed by atoms with van der Waals surface area (Å²) in [4.78, 5) is 31.6. The normalized spacial score (nSPS) is 14.7. The second kappa shape index (κ2) is 16.0. The van der Waals surface area contributed by atoms with Gasteiger partial charge in [0.1, 0.15) is 17.4 Å². The number of carbonyl (C=O) groups is 2. The molecule has 1 unspecified atom stereocenters. The van der Waals surface area contributed by atoms with E-state index in [4.69, 9.17) is 4.74 Å². The summed E-state index contributed by atoms with van der Waals surface area (Å²) in [6.07, 6.45) is 7.23. The van der Waals surface area contributed by atoms with E-state index in [-0.39, 0.29) is 23.2 Å². The number of aromatic nitrogens is 1. The summed E-state index contributed by atoms with van der Waals surface area (Å²) < 4.78 is 59.8. The molecule has 3 amide bonds. The van der Waals surface area contributed by atoms with E-state index >= 15 is 0 Å². The summed E-state index contributed by atoms with van der Waals surface area (Å²) in [6, 6.07) is 9.63. The summed E-state index contributed by atoms with van der Waals surface area (Å²) in [5, 5.41) is 7.75. The number of likely N-dealkylation sites (tertiary alicyclic amines) is 1. The molecule has 0 bridgehead atoms. The Labute approximate surface area is 274 Å². The zero-order valence-electron chi connectivity index (χ0n) is 27.0. The number of piperidine rings is 1. The molecule has 4 rings (SSSR count). The van der Waals surface area contributed by atoms with Crippen LogP contribution in [-0.2, 0) is 16.6 Å². The Morgan fingerprint density at radius 2 is 1.83 bits per heavy atom. The second-order valence-electron chi connectivity index (χ2n) is 11.8. The van der Waals surface area contributed by atoms with Gasteiger partial charge in [0, 0.05) is 43.7 Å². The molecular weight excluding hydrogens is 630 g/mol. The van der Waals surface area contributed by atoms with Crippen molar-refractivity contribution in [2.24, 2.45) is 5.92 Å². The van der Waals surface area contributed by atoms with Crippen molar-refractivity contribution in [2.75, 3.05) is 36.4 Å². The van der Waals surface area contributed by atoms with Gasteiger partial charge in [-0.1, -0.05) is 25.8 Å². The van der Waals surface area contributed by atoms with Crippen molar-refractivity contribution in [3.63, 3.8) is 0 Å². The maximum Gasteiger partial charge on any atom is 0.319 e. The molecule has 0 radical (unpaired) electrons. The molecule has 0 aliphatic carbocycles. The van der Waals surface area contributed by atoms with Gasteiger partial charge in [-0.25, -0.2) is 27.0 Å². The van der Waals surface area contributed by atoms with E-state index < -0.39 is 33.6 Å². The molecule has 47 heavy (non-hydrogen) atoms. The van der Waals surface area contributed by atoms with Gasteiger partial charge in [0.15, 0.2) is 0 Å². The molecule has 254 valence electrons. The summed E-state index contributed by atoms with van der Waals surface area (Å²) >= 11 is 0. The number of ether oxygens (including phenoxy) is 1. The highest BCUT2D eigenvalue weighted by molar-refractivity contribution is 7.92. The number of halogens is 2. The van der Waals surface area contributed by atoms with Gasteiger partial charge in [0.25, 0.3) is 5.91 Å². The van der Waals surface area contributed by atoms with E-state index in [0.29, 0.717) is 29.9 Å². The van der Waals surface area contributed by atoms with Gasteiger partial charge in [-0.05, 0) is 80.6 Å². The quantitative estimate of drug-likeness (QED) is 0.180. The molecule has 1 aliphatic heterocycles. The average Bonchev–Trinajstić information content (AvgIpc) is 3.02. The summed E-state index contributed by atoms with van der Waals surface area (Å²) in [6.45, 7) is 6.25. The minimum absolute atomic E-state index is 0.128.